The van der Waals surface area contributed by atoms with Gasteiger partial charge in [-0.05, 0) is 39.0 Å². The number of aliphatic carboxylic acids is 1. The summed E-state index contributed by atoms with van der Waals surface area (Å²) < 4.78 is 0. The van der Waals surface area contributed by atoms with Crippen LogP contribution in [0.15, 0.2) is 0 Å². The predicted octanol–water partition coefficient (Wildman–Crippen LogP) is 0.845. The van der Waals surface area contributed by atoms with Crippen LogP contribution >= 0.6 is 0 Å². The van der Waals surface area contributed by atoms with Crippen molar-refractivity contribution in [3.05, 3.63) is 0 Å². The lowest BCUT2D eigenvalue weighted by Gasteiger charge is -2.40. The summed E-state index contributed by atoms with van der Waals surface area (Å²) in [4.78, 5) is 34.0. The quantitative estimate of drug-likeness (QED) is 0.583. The fraction of sp³-hybridized carbons (Fsp3) is 0.786. The maximum absolute atomic E-state index is 11.6. The number of nitrogens with one attached hydrogen (secondary N) is 3. The maximum Gasteiger partial charge on any atom is 0.315 e. The molecule has 1 aliphatic carbocycles. The molecular weight excluding hydrogens is 274 g/mol. The molecule has 0 aromatic carbocycles. The lowest BCUT2D eigenvalue weighted by atomic mass is 9.66. The zero-order valence-electron chi connectivity index (χ0n) is 12.9. The fourth-order valence-corrected chi connectivity index (χ4v) is 2.37. The molecule has 0 atom stereocenters. The fourth-order valence-electron chi connectivity index (χ4n) is 2.37. The van der Waals surface area contributed by atoms with Crippen LogP contribution in [0.25, 0.3) is 0 Å². The average molecular weight is 299 g/mol. The van der Waals surface area contributed by atoms with Gasteiger partial charge in [-0.1, -0.05) is 6.42 Å². The van der Waals surface area contributed by atoms with Crippen molar-refractivity contribution >= 4 is 17.9 Å². The molecule has 7 heteroatoms. The number of rotatable bonds is 6. The molecule has 1 rings (SSSR count). The Kier molecular flexibility index (Phi) is 5.57. The van der Waals surface area contributed by atoms with Crippen molar-refractivity contribution in [2.24, 2.45) is 5.41 Å². The van der Waals surface area contributed by atoms with E-state index in [1.165, 1.54) is 0 Å². The third-order valence-corrected chi connectivity index (χ3v) is 3.49. The Hall–Kier alpha value is -1.79. The highest BCUT2D eigenvalue weighted by molar-refractivity contribution is 5.84. The molecule has 0 unspecified atom stereocenters. The molecule has 1 aliphatic rings. The number of hydrogen-bond donors (Lipinski definition) is 4. The van der Waals surface area contributed by atoms with Gasteiger partial charge in [0.25, 0.3) is 0 Å². The van der Waals surface area contributed by atoms with Crippen LogP contribution in [0.2, 0.25) is 0 Å². The Labute approximate surface area is 124 Å². The molecule has 4 N–H and O–H groups in total. The first-order valence-electron chi connectivity index (χ1n) is 7.16. The molecule has 0 radical (unpaired) electrons. The van der Waals surface area contributed by atoms with Crippen LogP contribution < -0.4 is 16.0 Å². The van der Waals surface area contributed by atoms with Gasteiger partial charge in [-0.3, -0.25) is 9.59 Å². The van der Waals surface area contributed by atoms with Crippen LogP contribution in [0.4, 0.5) is 4.79 Å². The molecule has 0 heterocycles. The second kappa shape index (κ2) is 6.78. The summed E-state index contributed by atoms with van der Waals surface area (Å²) in [6, 6.07) is -0.448. The van der Waals surface area contributed by atoms with Crippen LogP contribution in [0.5, 0.6) is 0 Å². The number of carbonyl (C=O) groups excluding carboxylic acids is 2. The minimum atomic E-state index is -0.846. The first-order chi connectivity index (χ1) is 9.62. The Bertz CT molecular complexity index is 411. The van der Waals surface area contributed by atoms with Gasteiger partial charge in [-0.25, -0.2) is 4.79 Å². The van der Waals surface area contributed by atoms with E-state index in [0.29, 0.717) is 6.54 Å². The van der Waals surface area contributed by atoms with Crippen molar-refractivity contribution in [1.29, 1.82) is 0 Å². The van der Waals surface area contributed by atoms with Crippen LogP contribution in [-0.2, 0) is 9.59 Å². The smallest absolute Gasteiger partial charge is 0.315 e. The van der Waals surface area contributed by atoms with Crippen molar-refractivity contribution in [2.45, 2.75) is 52.0 Å². The predicted molar refractivity (Wildman–Crippen MR) is 77.8 cm³/mol. The lowest BCUT2D eigenvalue weighted by Crippen LogP contribution is -2.50. The molecule has 1 saturated carbocycles. The largest absolute Gasteiger partial charge is 0.481 e. The highest BCUT2D eigenvalue weighted by atomic mass is 16.4. The van der Waals surface area contributed by atoms with Crippen LogP contribution in [-0.4, -0.2) is 41.6 Å². The number of hydrogen-bond acceptors (Lipinski definition) is 3. The summed E-state index contributed by atoms with van der Waals surface area (Å²) in [5.74, 6) is -1.11. The molecule has 21 heavy (non-hydrogen) atoms. The normalized spacial score (nSPS) is 16.5. The summed E-state index contributed by atoms with van der Waals surface area (Å²) in [5, 5.41) is 16.7. The Morgan fingerprint density at radius 2 is 1.76 bits per heavy atom. The van der Waals surface area contributed by atoms with Gasteiger partial charge in [-0.15, -0.1) is 0 Å². The van der Waals surface area contributed by atoms with Gasteiger partial charge in [0.15, 0.2) is 0 Å². The summed E-state index contributed by atoms with van der Waals surface area (Å²) in [6.45, 7) is 5.80. The highest BCUT2D eigenvalue weighted by Gasteiger charge is 2.39. The molecule has 0 aromatic rings. The zero-order chi connectivity index (χ0) is 16.1. The van der Waals surface area contributed by atoms with Crippen LogP contribution in [0.3, 0.4) is 0 Å². The highest BCUT2D eigenvalue weighted by Crippen LogP contribution is 2.43. The van der Waals surface area contributed by atoms with E-state index in [2.05, 4.69) is 16.0 Å². The lowest BCUT2D eigenvalue weighted by molar-refractivity contribution is -0.141. The van der Waals surface area contributed by atoms with Crippen molar-refractivity contribution in [3.63, 3.8) is 0 Å². The van der Waals surface area contributed by atoms with Gasteiger partial charge in [0.2, 0.25) is 5.91 Å². The van der Waals surface area contributed by atoms with Crippen molar-refractivity contribution in [1.82, 2.24) is 16.0 Å². The van der Waals surface area contributed by atoms with Crippen molar-refractivity contribution in [2.75, 3.05) is 13.1 Å². The molecule has 0 saturated heterocycles. The van der Waals surface area contributed by atoms with E-state index in [9.17, 15) is 14.4 Å². The minimum absolute atomic E-state index is 0.0673. The number of carbonyl (C=O) groups is 3. The van der Waals surface area contributed by atoms with Gasteiger partial charge >= 0.3 is 12.0 Å². The average Bonchev–Trinajstić information content (AvgIpc) is 2.27. The van der Waals surface area contributed by atoms with Crippen LogP contribution in [0, 0.1) is 5.41 Å². The summed E-state index contributed by atoms with van der Waals surface area (Å²) >= 11 is 0. The van der Waals surface area contributed by atoms with E-state index >= 15 is 0 Å². The minimum Gasteiger partial charge on any atom is -0.481 e. The molecule has 7 nitrogen and oxygen atoms in total. The molecule has 0 aromatic heterocycles. The summed E-state index contributed by atoms with van der Waals surface area (Å²) in [7, 11) is 0. The molecule has 0 aliphatic heterocycles. The molecular formula is C14H25N3O4. The molecule has 1 fully saturated rings. The molecule has 3 amide bonds. The van der Waals surface area contributed by atoms with Gasteiger partial charge in [0.1, 0.15) is 0 Å². The topological polar surface area (TPSA) is 108 Å². The third-order valence-electron chi connectivity index (χ3n) is 3.49. The third kappa shape index (κ3) is 6.46. The van der Waals surface area contributed by atoms with Gasteiger partial charge < -0.3 is 21.1 Å². The number of urea groups is 1. The van der Waals surface area contributed by atoms with E-state index < -0.39 is 12.0 Å². The number of amides is 3. The van der Waals surface area contributed by atoms with Crippen LogP contribution in [0.1, 0.15) is 46.5 Å². The van der Waals surface area contributed by atoms with Gasteiger partial charge in [-0.2, -0.15) is 0 Å². The second-order valence-corrected chi connectivity index (χ2v) is 6.76. The molecule has 0 bridgehead atoms. The van der Waals surface area contributed by atoms with E-state index in [1.807, 2.05) is 20.8 Å². The molecule has 0 spiro atoms. The Morgan fingerprint density at radius 3 is 2.19 bits per heavy atom. The number of carboxylic acid groups (broad SMARTS) is 1. The van der Waals surface area contributed by atoms with E-state index in [4.69, 9.17) is 5.11 Å². The van der Waals surface area contributed by atoms with Gasteiger partial charge in [0, 0.05) is 12.1 Å². The summed E-state index contributed by atoms with van der Waals surface area (Å²) in [5.41, 5.74) is -0.663. The second-order valence-electron chi connectivity index (χ2n) is 6.76. The van der Waals surface area contributed by atoms with E-state index in [-0.39, 0.29) is 29.8 Å². The van der Waals surface area contributed by atoms with Gasteiger partial charge in [0.05, 0.1) is 13.0 Å². The maximum atomic E-state index is 11.6. The molecule has 120 valence electrons. The van der Waals surface area contributed by atoms with E-state index in [1.54, 1.807) is 0 Å². The summed E-state index contributed by atoms with van der Waals surface area (Å²) in [6.07, 6.45) is 2.68. The Balaban J connectivity index is 2.28. The standard InChI is InChI=1S/C14H25N3O4/c1-13(2,3)17-10(18)8-15-12(21)16-9-14(5-4-6-14)7-11(19)20/h4-9H2,1-3H3,(H,17,18)(H,19,20)(H2,15,16,21). The van der Waals surface area contributed by atoms with Crippen molar-refractivity contribution < 1.29 is 19.5 Å². The van der Waals surface area contributed by atoms with Crippen molar-refractivity contribution in [3.8, 4) is 0 Å². The number of carboxylic acids is 1. The zero-order valence-corrected chi connectivity index (χ0v) is 12.9. The van der Waals surface area contributed by atoms with E-state index in [0.717, 1.165) is 19.3 Å². The Morgan fingerprint density at radius 1 is 1.14 bits per heavy atom. The first kappa shape index (κ1) is 17.3. The SMILES string of the molecule is CC(C)(C)NC(=O)CNC(=O)NCC1(CC(=O)O)CCC1. The monoisotopic (exact) mass is 299 g/mol. The first-order valence-corrected chi connectivity index (χ1v) is 7.16.